The van der Waals surface area contributed by atoms with E-state index in [1.54, 1.807) is 0 Å². The van der Waals surface area contributed by atoms with Gasteiger partial charge in [-0.25, -0.2) is 15.0 Å². The number of aromatic nitrogens is 4. The van der Waals surface area contributed by atoms with Crippen molar-refractivity contribution in [2.24, 2.45) is 0 Å². The van der Waals surface area contributed by atoms with E-state index in [2.05, 4.69) is 138 Å². The lowest BCUT2D eigenvalue weighted by molar-refractivity contribution is 0.759. The van der Waals surface area contributed by atoms with Crippen LogP contribution in [0, 0.1) is 0 Å². The minimum absolute atomic E-state index is 0.0108. The second-order valence-corrected chi connectivity index (χ2v) is 14.1. The van der Waals surface area contributed by atoms with Crippen LogP contribution in [-0.4, -0.2) is 19.5 Å². The summed E-state index contributed by atoms with van der Waals surface area (Å²) in [7, 11) is 0. The molecule has 2 aliphatic carbocycles. The number of hydrogen-bond acceptors (Lipinski definition) is 4. The zero-order valence-electron chi connectivity index (χ0n) is 27.3. The number of hydrogen-bond donors (Lipinski definition) is 0. The van der Waals surface area contributed by atoms with Crippen molar-refractivity contribution in [1.82, 2.24) is 19.5 Å². The number of fused-ring (bicyclic) bond motifs is 6. The topological polar surface area (TPSA) is 43.6 Å². The van der Waals surface area contributed by atoms with Crippen LogP contribution in [0.4, 0.5) is 0 Å². The van der Waals surface area contributed by atoms with E-state index in [9.17, 15) is 0 Å². The molecule has 2 aliphatic rings. The van der Waals surface area contributed by atoms with Crippen LogP contribution in [0.15, 0.2) is 146 Å². The summed E-state index contributed by atoms with van der Waals surface area (Å²) in [6.07, 6.45) is 14.4. The minimum atomic E-state index is 0.0108. The standard InChI is InChI=1S/C45H32N4S/c1-3-13-29(14-4-1)34-21-12-24-40-42(34)37-26-25-32(28-41(37)50-40)45-47-43(30-15-5-2-6-16-30)46-44(48-45)31-17-11-18-33(27-31)49-38-22-9-7-19-35(38)36-20-8-10-23-39(36)49/h1-9,11-16,18-22,24-28,31H,10,17,23H2. The van der Waals surface area contributed by atoms with Gasteiger partial charge >= 0.3 is 0 Å². The van der Waals surface area contributed by atoms with Crippen molar-refractivity contribution in [3.8, 4) is 33.9 Å². The van der Waals surface area contributed by atoms with E-state index in [0.29, 0.717) is 11.6 Å². The molecule has 0 spiro atoms. The Morgan fingerprint density at radius 2 is 1.40 bits per heavy atom. The highest BCUT2D eigenvalue weighted by Gasteiger charge is 2.24. The Labute approximate surface area is 294 Å². The Kier molecular flexibility index (Phi) is 6.91. The Bertz CT molecular complexity index is 2680. The van der Waals surface area contributed by atoms with E-state index in [1.807, 2.05) is 29.5 Å². The molecule has 10 rings (SSSR count). The van der Waals surface area contributed by atoms with Crippen LogP contribution in [0.1, 0.15) is 35.8 Å². The molecule has 1 unspecified atom stereocenters. The van der Waals surface area contributed by atoms with Crippen molar-refractivity contribution in [1.29, 1.82) is 0 Å². The monoisotopic (exact) mass is 660 g/mol. The van der Waals surface area contributed by atoms with Gasteiger partial charge in [-0.05, 0) is 60.7 Å². The van der Waals surface area contributed by atoms with Crippen molar-refractivity contribution in [2.75, 3.05) is 0 Å². The van der Waals surface area contributed by atoms with Gasteiger partial charge in [-0.2, -0.15) is 0 Å². The Hall–Kier alpha value is -5.91. The predicted octanol–water partition coefficient (Wildman–Crippen LogP) is 11.7. The first-order valence-electron chi connectivity index (χ1n) is 17.3. The zero-order valence-corrected chi connectivity index (χ0v) is 28.1. The zero-order chi connectivity index (χ0) is 33.0. The molecule has 5 heteroatoms. The van der Waals surface area contributed by atoms with Gasteiger partial charge in [-0.15, -0.1) is 11.3 Å². The molecule has 0 saturated heterocycles. The lowest BCUT2D eigenvalue weighted by Crippen LogP contribution is -2.11. The molecular weight excluding hydrogens is 629 g/mol. The van der Waals surface area contributed by atoms with Crippen LogP contribution < -0.4 is 0 Å². The molecule has 1 atom stereocenters. The second-order valence-electron chi connectivity index (χ2n) is 13.1. The van der Waals surface area contributed by atoms with E-state index in [0.717, 1.165) is 36.2 Å². The number of nitrogens with zero attached hydrogens (tertiary/aromatic N) is 4. The third-order valence-corrected chi connectivity index (χ3v) is 11.1. The van der Waals surface area contributed by atoms with Gasteiger partial charge in [0.15, 0.2) is 11.6 Å². The lowest BCUT2D eigenvalue weighted by atomic mass is 9.97. The molecule has 0 fully saturated rings. The second kappa shape index (κ2) is 11.9. The fraction of sp³-hybridized carbons (Fsp3) is 0.0889. The molecule has 0 bridgehead atoms. The van der Waals surface area contributed by atoms with E-state index in [4.69, 9.17) is 15.0 Å². The summed E-state index contributed by atoms with van der Waals surface area (Å²) in [5.41, 5.74) is 9.61. The highest BCUT2D eigenvalue weighted by Crippen LogP contribution is 2.42. The molecule has 0 radical (unpaired) electrons. The average molecular weight is 661 g/mol. The summed E-state index contributed by atoms with van der Waals surface area (Å²) >= 11 is 1.83. The highest BCUT2D eigenvalue weighted by atomic mass is 32.1. The van der Waals surface area contributed by atoms with Crippen LogP contribution in [0.5, 0.6) is 0 Å². The van der Waals surface area contributed by atoms with Crippen molar-refractivity contribution in [2.45, 2.75) is 25.2 Å². The van der Waals surface area contributed by atoms with Crippen molar-refractivity contribution < 1.29 is 0 Å². The van der Waals surface area contributed by atoms with Gasteiger partial charge in [0.25, 0.3) is 0 Å². The quantitative estimate of drug-likeness (QED) is 0.184. The molecule has 3 aromatic heterocycles. The number of allylic oxidation sites excluding steroid dienone is 5. The Balaban J connectivity index is 1.11. The maximum absolute atomic E-state index is 5.23. The molecule has 0 amide bonds. The number of para-hydroxylation sites is 1. The average Bonchev–Trinajstić information content (AvgIpc) is 3.74. The normalized spacial score (nSPS) is 15.5. The van der Waals surface area contributed by atoms with Crippen molar-refractivity contribution in [3.05, 3.63) is 163 Å². The first-order chi connectivity index (χ1) is 24.8. The van der Waals surface area contributed by atoms with Crippen LogP contribution in [0.3, 0.4) is 0 Å². The molecule has 8 aromatic rings. The number of thiophene rings is 1. The van der Waals surface area contributed by atoms with Crippen molar-refractivity contribution in [3.63, 3.8) is 0 Å². The van der Waals surface area contributed by atoms with Crippen molar-refractivity contribution >= 4 is 54.2 Å². The fourth-order valence-corrected chi connectivity index (χ4v) is 8.86. The Morgan fingerprint density at radius 3 is 2.26 bits per heavy atom. The third-order valence-electron chi connectivity index (χ3n) is 10.0. The summed E-state index contributed by atoms with van der Waals surface area (Å²) in [6.45, 7) is 0. The third kappa shape index (κ3) is 4.85. The number of benzene rings is 5. The smallest absolute Gasteiger partial charge is 0.163 e. The van der Waals surface area contributed by atoms with Gasteiger partial charge in [0.1, 0.15) is 5.82 Å². The van der Waals surface area contributed by atoms with E-state index in [-0.39, 0.29) is 5.92 Å². The molecule has 0 saturated carbocycles. The Morgan fingerprint density at radius 1 is 0.620 bits per heavy atom. The minimum Gasteiger partial charge on any atom is -0.313 e. The first kappa shape index (κ1) is 29.0. The summed E-state index contributed by atoms with van der Waals surface area (Å²) in [4.78, 5) is 15.5. The largest absolute Gasteiger partial charge is 0.313 e. The van der Waals surface area contributed by atoms with Crippen LogP contribution in [0.25, 0.3) is 76.8 Å². The molecule has 5 aromatic carbocycles. The summed E-state index contributed by atoms with van der Waals surface area (Å²) in [6, 6.07) is 43.0. The maximum Gasteiger partial charge on any atom is 0.163 e. The van der Waals surface area contributed by atoms with Gasteiger partial charge in [-0.3, -0.25) is 0 Å². The van der Waals surface area contributed by atoms with Gasteiger partial charge in [-0.1, -0.05) is 121 Å². The molecule has 0 aliphatic heterocycles. The number of rotatable bonds is 5. The fourth-order valence-electron chi connectivity index (χ4n) is 7.69. The summed E-state index contributed by atoms with van der Waals surface area (Å²) in [5, 5.41) is 3.86. The van der Waals surface area contributed by atoms with Gasteiger partial charge < -0.3 is 4.57 Å². The van der Waals surface area contributed by atoms with Crippen LogP contribution in [0.2, 0.25) is 0 Å². The highest BCUT2D eigenvalue weighted by molar-refractivity contribution is 7.26. The predicted molar refractivity (Wildman–Crippen MR) is 209 cm³/mol. The van der Waals surface area contributed by atoms with Gasteiger partial charge in [0.2, 0.25) is 0 Å². The molecule has 3 heterocycles. The lowest BCUT2D eigenvalue weighted by Gasteiger charge is -2.20. The van der Waals surface area contributed by atoms with E-state index >= 15 is 0 Å². The SMILES string of the molecule is C1=Cc2c(n(C3=CC(c4nc(-c5ccccc5)nc(-c5ccc6c(c5)sc5cccc(-c7ccccc7)c56)n4)CC=C3)c3ccccc23)CC1. The molecule has 0 N–H and O–H groups in total. The van der Waals surface area contributed by atoms with E-state index in [1.165, 1.54) is 59.2 Å². The van der Waals surface area contributed by atoms with E-state index < -0.39 is 0 Å². The van der Waals surface area contributed by atoms with Crippen LogP contribution in [-0.2, 0) is 6.42 Å². The molecule has 238 valence electrons. The summed E-state index contributed by atoms with van der Waals surface area (Å²) < 4.78 is 4.96. The molecule has 50 heavy (non-hydrogen) atoms. The molecule has 4 nitrogen and oxygen atoms in total. The van der Waals surface area contributed by atoms with Crippen LogP contribution >= 0.6 is 11.3 Å². The maximum atomic E-state index is 5.23. The van der Waals surface area contributed by atoms with Gasteiger partial charge in [0.05, 0.1) is 5.52 Å². The molecular formula is C45H32N4S. The summed E-state index contributed by atoms with van der Waals surface area (Å²) in [5.74, 6) is 2.21. The first-order valence-corrected chi connectivity index (χ1v) is 18.1. The van der Waals surface area contributed by atoms with Gasteiger partial charge in [0, 0.05) is 59.6 Å².